The monoisotopic (exact) mass is 336 g/mol. The molecule has 19 heavy (non-hydrogen) atoms. The zero-order chi connectivity index (χ0) is 14.0. The minimum absolute atomic E-state index is 0.208. The first-order chi connectivity index (χ1) is 8.96. The molecule has 104 valence electrons. The SMILES string of the molecule is Cc1ncsc1CN(C)S(=O)(=O)c1ccsc1CCl. The number of alkyl halides is 1. The van der Waals surface area contributed by atoms with E-state index in [0.29, 0.717) is 16.3 Å². The van der Waals surface area contributed by atoms with Crippen LogP contribution in [-0.4, -0.2) is 24.8 Å². The molecule has 2 aromatic heterocycles. The number of thiophene rings is 1. The van der Waals surface area contributed by atoms with Crippen LogP contribution in [0.5, 0.6) is 0 Å². The zero-order valence-electron chi connectivity index (χ0n) is 10.5. The smallest absolute Gasteiger partial charge is 0.244 e. The van der Waals surface area contributed by atoms with Crippen LogP contribution >= 0.6 is 34.3 Å². The van der Waals surface area contributed by atoms with Gasteiger partial charge in [0.15, 0.2) is 0 Å². The number of thiazole rings is 1. The Balaban J connectivity index is 2.27. The Labute approximate surface area is 125 Å². The van der Waals surface area contributed by atoms with Gasteiger partial charge in [0.05, 0.1) is 22.0 Å². The predicted molar refractivity (Wildman–Crippen MR) is 79.4 cm³/mol. The van der Waals surface area contributed by atoms with Crippen LogP contribution in [0.15, 0.2) is 21.9 Å². The van der Waals surface area contributed by atoms with Crippen molar-refractivity contribution in [3.63, 3.8) is 0 Å². The van der Waals surface area contributed by atoms with Crippen LogP contribution in [-0.2, 0) is 22.4 Å². The summed E-state index contributed by atoms with van der Waals surface area (Å²) in [7, 11) is -1.92. The lowest BCUT2D eigenvalue weighted by molar-refractivity contribution is 0.468. The third-order valence-electron chi connectivity index (χ3n) is 2.73. The summed E-state index contributed by atoms with van der Waals surface area (Å²) in [6.45, 7) is 2.21. The van der Waals surface area contributed by atoms with Crippen molar-refractivity contribution >= 4 is 44.3 Å². The molecule has 0 aliphatic carbocycles. The summed E-state index contributed by atoms with van der Waals surface area (Å²) in [5.74, 6) is 0.208. The second kappa shape index (κ2) is 5.88. The van der Waals surface area contributed by atoms with Crippen LogP contribution in [0.1, 0.15) is 15.4 Å². The number of halogens is 1. The van der Waals surface area contributed by atoms with Gasteiger partial charge in [-0.25, -0.2) is 13.4 Å². The Bertz CT molecular complexity index is 663. The second-order valence-electron chi connectivity index (χ2n) is 3.96. The van der Waals surface area contributed by atoms with Gasteiger partial charge in [0.1, 0.15) is 0 Å². The Kier molecular flexibility index (Phi) is 4.62. The molecule has 4 nitrogen and oxygen atoms in total. The fourth-order valence-electron chi connectivity index (χ4n) is 1.59. The highest BCUT2D eigenvalue weighted by atomic mass is 35.5. The van der Waals surface area contributed by atoms with Crippen molar-refractivity contribution in [1.82, 2.24) is 9.29 Å². The number of hydrogen-bond donors (Lipinski definition) is 0. The maximum atomic E-state index is 12.5. The van der Waals surface area contributed by atoms with Crippen LogP contribution < -0.4 is 0 Å². The van der Waals surface area contributed by atoms with Gasteiger partial charge >= 0.3 is 0 Å². The molecule has 0 fully saturated rings. The van der Waals surface area contributed by atoms with E-state index in [1.54, 1.807) is 24.0 Å². The van der Waals surface area contributed by atoms with Gasteiger partial charge in [0, 0.05) is 23.3 Å². The first-order valence-corrected chi connectivity index (χ1v) is 9.18. The normalized spacial score (nSPS) is 12.2. The lowest BCUT2D eigenvalue weighted by atomic mass is 10.4. The van der Waals surface area contributed by atoms with E-state index in [2.05, 4.69) is 4.98 Å². The standard InChI is InChI=1S/C11H13ClN2O2S3/c1-8-10(18-7-13-8)6-14(2)19(15,16)11-3-4-17-9(11)5-12/h3-4,7H,5-6H2,1-2H3. The van der Waals surface area contributed by atoms with Crippen molar-refractivity contribution in [2.75, 3.05) is 7.05 Å². The van der Waals surface area contributed by atoms with E-state index in [-0.39, 0.29) is 5.88 Å². The zero-order valence-corrected chi connectivity index (χ0v) is 13.7. The van der Waals surface area contributed by atoms with Crippen LogP contribution in [0.4, 0.5) is 0 Å². The molecule has 0 unspecified atom stereocenters. The molecule has 0 aromatic carbocycles. The Morgan fingerprint density at radius 3 is 2.68 bits per heavy atom. The first-order valence-electron chi connectivity index (χ1n) is 5.44. The molecule has 8 heteroatoms. The molecular formula is C11H13ClN2O2S3. The highest BCUT2D eigenvalue weighted by molar-refractivity contribution is 7.89. The average molecular weight is 337 g/mol. The molecule has 0 aliphatic rings. The molecular weight excluding hydrogens is 324 g/mol. The summed E-state index contributed by atoms with van der Waals surface area (Å²) in [6.07, 6.45) is 0. The quantitative estimate of drug-likeness (QED) is 0.788. The fourth-order valence-corrected chi connectivity index (χ4v) is 5.31. The minimum Gasteiger partial charge on any atom is -0.250 e. The molecule has 0 saturated heterocycles. The second-order valence-corrected chi connectivity index (χ2v) is 8.18. The molecule has 0 amide bonds. The maximum absolute atomic E-state index is 12.5. The molecule has 0 N–H and O–H groups in total. The molecule has 2 aromatic rings. The van der Waals surface area contributed by atoms with Gasteiger partial charge in [0.25, 0.3) is 0 Å². The largest absolute Gasteiger partial charge is 0.250 e. The third kappa shape index (κ3) is 3.00. The summed E-state index contributed by atoms with van der Waals surface area (Å²) in [5.41, 5.74) is 2.59. The summed E-state index contributed by atoms with van der Waals surface area (Å²) >= 11 is 8.59. The number of nitrogens with zero attached hydrogens (tertiary/aromatic N) is 2. The molecule has 0 radical (unpaired) electrons. The van der Waals surface area contributed by atoms with Crippen molar-refractivity contribution in [3.05, 3.63) is 32.4 Å². The van der Waals surface area contributed by atoms with Gasteiger partial charge in [-0.05, 0) is 18.4 Å². The lowest BCUT2D eigenvalue weighted by Crippen LogP contribution is -2.26. The van der Waals surface area contributed by atoms with E-state index in [1.807, 2.05) is 6.92 Å². The van der Waals surface area contributed by atoms with Crippen molar-refractivity contribution in [2.24, 2.45) is 0 Å². The van der Waals surface area contributed by atoms with Gasteiger partial charge in [-0.3, -0.25) is 0 Å². The Morgan fingerprint density at radius 2 is 2.11 bits per heavy atom. The molecule has 0 saturated carbocycles. The van der Waals surface area contributed by atoms with Gasteiger partial charge in [0.2, 0.25) is 10.0 Å². The average Bonchev–Trinajstić information content (AvgIpc) is 2.98. The van der Waals surface area contributed by atoms with E-state index >= 15 is 0 Å². The van der Waals surface area contributed by atoms with Crippen molar-refractivity contribution < 1.29 is 8.42 Å². The summed E-state index contributed by atoms with van der Waals surface area (Å²) in [6, 6.07) is 1.60. The van der Waals surface area contributed by atoms with Crippen molar-refractivity contribution in [1.29, 1.82) is 0 Å². The van der Waals surface area contributed by atoms with E-state index in [0.717, 1.165) is 10.6 Å². The summed E-state index contributed by atoms with van der Waals surface area (Å²) < 4.78 is 26.3. The maximum Gasteiger partial charge on any atom is 0.244 e. The van der Waals surface area contributed by atoms with E-state index in [9.17, 15) is 8.42 Å². The number of aryl methyl sites for hydroxylation is 1. The van der Waals surface area contributed by atoms with Gasteiger partial charge in [-0.15, -0.1) is 34.3 Å². The number of hydrogen-bond acceptors (Lipinski definition) is 5. The molecule has 0 spiro atoms. The fraction of sp³-hybridized carbons (Fsp3) is 0.364. The number of rotatable bonds is 5. The summed E-state index contributed by atoms with van der Waals surface area (Å²) in [5, 5.41) is 1.75. The highest BCUT2D eigenvalue weighted by Gasteiger charge is 2.25. The lowest BCUT2D eigenvalue weighted by Gasteiger charge is -2.16. The molecule has 2 heterocycles. The van der Waals surface area contributed by atoms with Gasteiger partial charge in [-0.1, -0.05) is 0 Å². The topological polar surface area (TPSA) is 50.3 Å². The van der Waals surface area contributed by atoms with Crippen molar-refractivity contribution in [3.8, 4) is 0 Å². The molecule has 0 atom stereocenters. The summed E-state index contributed by atoms with van der Waals surface area (Å²) in [4.78, 5) is 6.06. The van der Waals surface area contributed by atoms with Gasteiger partial charge < -0.3 is 0 Å². The van der Waals surface area contributed by atoms with Crippen LogP contribution in [0.25, 0.3) is 0 Å². The third-order valence-corrected chi connectivity index (χ3v) is 7.01. The molecule has 0 bridgehead atoms. The van der Waals surface area contributed by atoms with E-state index < -0.39 is 10.0 Å². The minimum atomic E-state index is -3.49. The van der Waals surface area contributed by atoms with Crippen LogP contribution in [0.3, 0.4) is 0 Å². The van der Waals surface area contributed by atoms with Crippen LogP contribution in [0.2, 0.25) is 0 Å². The number of sulfonamides is 1. The van der Waals surface area contributed by atoms with Crippen LogP contribution in [0, 0.1) is 6.92 Å². The number of aromatic nitrogens is 1. The molecule has 2 rings (SSSR count). The highest BCUT2D eigenvalue weighted by Crippen LogP contribution is 2.27. The Morgan fingerprint density at radius 1 is 1.37 bits per heavy atom. The van der Waals surface area contributed by atoms with Gasteiger partial charge in [-0.2, -0.15) is 4.31 Å². The molecule has 0 aliphatic heterocycles. The van der Waals surface area contributed by atoms with E-state index in [1.165, 1.54) is 27.0 Å². The van der Waals surface area contributed by atoms with Crippen molar-refractivity contribution in [2.45, 2.75) is 24.2 Å². The Hall–Kier alpha value is -0.470. The predicted octanol–water partition coefficient (Wildman–Crippen LogP) is 3.07. The first kappa shape index (κ1) is 14.9. The van der Waals surface area contributed by atoms with E-state index in [4.69, 9.17) is 11.6 Å².